The summed E-state index contributed by atoms with van der Waals surface area (Å²) >= 11 is 1.57. The van der Waals surface area contributed by atoms with Crippen molar-refractivity contribution in [2.24, 2.45) is 4.99 Å². The largest absolute Gasteiger partial charge is 0.497 e. The first-order valence-corrected chi connectivity index (χ1v) is 11.2. The quantitative estimate of drug-likeness (QED) is 0.459. The van der Waals surface area contributed by atoms with Crippen molar-refractivity contribution in [3.63, 3.8) is 0 Å². The minimum atomic E-state index is -0.104. The van der Waals surface area contributed by atoms with Crippen molar-refractivity contribution in [2.75, 3.05) is 14.2 Å². The van der Waals surface area contributed by atoms with E-state index in [0.29, 0.717) is 17.4 Å². The molecule has 0 bridgehead atoms. The Hall–Kier alpha value is -3.51. The molecule has 3 aromatic rings. The Labute approximate surface area is 192 Å². The van der Waals surface area contributed by atoms with E-state index in [0.717, 1.165) is 28.4 Å². The smallest absolute Gasteiger partial charge is 0.278 e. The Morgan fingerprint density at radius 2 is 1.47 bits per heavy atom. The predicted molar refractivity (Wildman–Crippen MR) is 130 cm³/mol. The third kappa shape index (κ3) is 5.21. The van der Waals surface area contributed by atoms with Crippen LogP contribution in [0, 0.1) is 0 Å². The first-order valence-electron chi connectivity index (χ1n) is 10.2. The van der Waals surface area contributed by atoms with Crippen molar-refractivity contribution in [3.05, 3.63) is 101 Å². The van der Waals surface area contributed by atoms with E-state index in [4.69, 9.17) is 14.5 Å². The molecule has 32 heavy (non-hydrogen) atoms. The summed E-state index contributed by atoms with van der Waals surface area (Å²) in [5, 5.41) is 0.703. The summed E-state index contributed by atoms with van der Waals surface area (Å²) < 4.78 is 10.5. The first-order chi connectivity index (χ1) is 15.7. The number of benzene rings is 3. The second-order valence-corrected chi connectivity index (χ2v) is 8.15. The highest BCUT2D eigenvalue weighted by atomic mass is 32.2. The van der Waals surface area contributed by atoms with E-state index in [1.165, 1.54) is 5.56 Å². The molecule has 4 rings (SSSR count). The molecule has 1 amide bonds. The van der Waals surface area contributed by atoms with Crippen LogP contribution in [0.1, 0.15) is 16.7 Å². The fourth-order valence-corrected chi connectivity index (χ4v) is 4.23. The highest BCUT2D eigenvalue weighted by molar-refractivity contribution is 8.13. The molecule has 1 aliphatic rings. The van der Waals surface area contributed by atoms with Gasteiger partial charge in [0, 0.05) is 5.75 Å². The van der Waals surface area contributed by atoms with Gasteiger partial charge in [0.1, 0.15) is 17.2 Å². The van der Waals surface area contributed by atoms with Crippen LogP contribution in [0.4, 0.5) is 0 Å². The van der Waals surface area contributed by atoms with Crippen LogP contribution in [0.15, 0.2) is 89.6 Å². The van der Waals surface area contributed by atoms with Gasteiger partial charge in [0.05, 0.1) is 20.8 Å². The van der Waals surface area contributed by atoms with Crippen LogP contribution >= 0.6 is 11.8 Å². The average molecular weight is 445 g/mol. The van der Waals surface area contributed by atoms with Crippen LogP contribution < -0.4 is 9.47 Å². The number of amides is 1. The Bertz CT molecular complexity index is 1120. The molecular formula is C26H24N2O3S. The fourth-order valence-electron chi connectivity index (χ4n) is 3.27. The Kier molecular flexibility index (Phi) is 6.92. The van der Waals surface area contributed by atoms with E-state index in [2.05, 4.69) is 12.1 Å². The second-order valence-electron chi connectivity index (χ2n) is 7.21. The lowest BCUT2D eigenvalue weighted by molar-refractivity contribution is -0.122. The molecule has 162 valence electrons. The minimum absolute atomic E-state index is 0.104. The van der Waals surface area contributed by atoms with Crippen molar-refractivity contribution in [3.8, 4) is 11.5 Å². The summed E-state index contributed by atoms with van der Waals surface area (Å²) in [4.78, 5) is 19.7. The second kappa shape index (κ2) is 10.2. The summed E-state index contributed by atoms with van der Waals surface area (Å²) in [6.45, 7) is 0.448. The van der Waals surface area contributed by atoms with Crippen LogP contribution in [-0.2, 0) is 17.1 Å². The predicted octanol–water partition coefficient (Wildman–Crippen LogP) is 5.38. The summed E-state index contributed by atoms with van der Waals surface area (Å²) in [6, 6.07) is 25.5. The molecule has 0 fully saturated rings. The van der Waals surface area contributed by atoms with E-state index in [-0.39, 0.29) is 5.91 Å². The molecule has 0 spiro atoms. The molecule has 0 saturated carbocycles. The van der Waals surface area contributed by atoms with Gasteiger partial charge in [0.15, 0.2) is 5.17 Å². The lowest BCUT2D eigenvalue weighted by Gasteiger charge is -2.18. The highest BCUT2D eigenvalue weighted by Crippen LogP contribution is 2.28. The number of ether oxygens (including phenoxy) is 2. The zero-order chi connectivity index (χ0) is 22.3. The molecule has 0 aromatic heterocycles. The van der Waals surface area contributed by atoms with Crippen molar-refractivity contribution >= 4 is 28.9 Å². The SMILES string of the molecule is COc1ccc(/C=C2\N=C(SCc3ccccc3)N(Cc3ccc(OC)cc3)C2=O)cc1. The van der Waals surface area contributed by atoms with E-state index < -0.39 is 0 Å². The Morgan fingerprint density at radius 3 is 2.09 bits per heavy atom. The van der Waals surface area contributed by atoms with E-state index >= 15 is 0 Å². The summed E-state index contributed by atoms with van der Waals surface area (Å²) in [5.74, 6) is 2.19. The molecule has 0 atom stereocenters. The van der Waals surface area contributed by atoms with Crippen molar-refractivity contribution in [1.82, 2.24) is 4.90 Å². The van der Waals surface area contributed by atoms with Gasteiger partial charge in [-0.1, -0.05) is 66.4 Å². The van der Waals surface area contributed by atoms with E-state index in [9.17, 15) is 4.79 Å². The average Bonchev–Trinajstić information content (AvgIpc) is 3.13. The molecule has 5 nitrogen and oxygen atoms in total. The van der Waals surface area contributed by atoms with Crippen LogP contribution in [0.5, 0.6) is 11.5 Å². The molecular weight excluding hydrogens is 420 g/mol. The van der Waals surface area contributed by atoms with Gasteiger partial charge in [-0.3, -0.25) is 9.69 Å². The number of nitrogens with zero attached hydrogens (tertiary/aromatic N) is 2. The minimum Gasteiger partial charge on any atom is -0.497 e. The van der Waals surface area contributed by atoms with Crippen molar-refractivity contribution < 1.29 is 14.3 Å². The zero-order valence-corrected chi connectivity index (χ0v) is 18.8. The third-order valence-electron chi connectivity index (χ3n) is 5.04. The maximum atomic E-state index is 13.3. The van der Waals surface area contributed by atoms with Gasteiger partial charge >= 0.3 is 0 Å². The van der Waals surface area contributed by atoms with Gasteiger partial charge in [-0.25, -0.2) is 4.99 Å². The van der Waals surface area contributed by atoms with Gasteiger partial charge in [0.25, 0.3) is 5.91 Å². The lowest BCUT2D eigenvalue weighted by Crippen LogP contribution is -2.30. The fraction of sp³-hybridized carbons (Fsp3) is 0.154. The van der Waals surface area contributed by atoms with Gasteiger partial charge in [-0.2, -0.15) is 0 Å². The topological polar surface area (TPSA) is 51.1 Å². The molecule has 0 unspecified atom stereocenters. The van der Waals surface area contributed by atoms with Crippen LogP contribution in [0.25, 0.3) is 6.08 Å². The van der Waals surface area contributed by atoms with Crippen LogP contribution in [-0.4, -0.2) is 30.2 Å². The van der Waals surface area contributed by atoms with Gasteiger partial charge in [-0.15, -0.1) is 0 Å². The van der Waals surface area contributed by atoms with Crippen LogP contribution in [0.3, 0.4) is 0 Å². The summed E-state index contributed by atoms with van der Waals surface area (Å²) in [7, 11) is 3.27. The third-order valence-corrected chi connectivity index (χ3v) is 6.09. The number of amidine groups is 1. The van der Waals surface area contributed by atoms with Gasteiger partial charge < -0.3 is 9.47 Å². The number of aliphatic imine (C=N–C) groups is 1. The number of thioether (sulfide) groups is 1. The van der Waals surface area contributed by atoms with Crippen molar-refractivity contribution in [1.29, 1.82) is 0 Å². The van der Waals surface area contributed by atoms with Crippen molar-refractivity contribution in [2.45, 2.75) is 12.3 Å². The number of hydrogen-bond donors (Lipinski definition) is 0. The van der Waals surface area contributed by atoms with E-state index in [1.807, 2.05) is 72.8 Å². The summed E-state index contributed by atoms with van der Waals surface area (Å²) in [6.07, 6.45) is 1.82. The normalized spacial score (nSPS) is 14.6. The summed E-state index contributed by atoms with van der Waals surface area (Å²) in [5.41, 5.74) is 3.53. The number of rotatable bonds is 7. The maximum Gasteiger partial charge on any atom is 0.278 e. The van der Waals surface area contributed by atoms with E-state index in [1.54, 1.807) is 30.9 Å². The number of hydrogen-bond acceptors (Lipinski definition) is 5. The molecule has 1 heterocycles. The van der Waals surface area contributed by atoms with Crippen LogP contribution in [0.2, 0.25) is 0 Å². The molecule has 1 aliphatic heterocycles. The maximum absolute atomic E-state index is 13.3. The number of carbonyl (C=O) groups is 1. The van der Waals surface area contributed by atoms with Gasteiger partial charge in [-0.05, 0) is 47.0 Å². The number of methoxy groups -OCH3 is 2. The monoisotopic (exact) mass is 444 g/mol. The van der Waals surface area contributed by atoms with Gasteiger partial charge in [0.2, 0.25) is 0 Å². The molecule has 0 aliphatic carbocycles. The zero-order valence-electron chi connectivity index (χ0n) is 18.0. The lowest BCUT2D eigenvalue weighted by atomic mass is 10.1. The Morgan fingerprint density at radius 1 is 0.844 bits per heavy atom. The highest BCUT2D eigenvalue weighted by Gasteiger charge is 2.30. The molecule has 0 N–H and O–H groups in total. The molecule has 0 saturated heterocycles. The molecule has 3 aromatic carbocycles. The first kappa shape index (κ1) is 21.7. The molecule has 6 heteroatoms. The Balaban J connectivity index is 1.58. The number of carbonyl (C=O) groups excluding carboxylic acids is 1. The standard InChI is InChI=1S/C26H24N2O3S/c1-30-22-12-8-19(9-13-22)16-24-25(29)28(17-20-10-14-23(31-2)15-11-20)26(27-24)32-18-21-6-4-3-5-7-21/h3-16H,17-18H2,1-2H3/b24-16-. The molecule has 0 radical (unpaired) electrons.